The SMILES string of the molecule is CCNC(=NCc1ccc(F)cc1C(F)(F)F)NCc1ccccn1.I. The zero-order valence-corrected chi connectivity index (χ0v) is 16.3. The van der Waals surface area contributed by atoms with Gasteiger partial charge in [-0.25, -0.2) is 9.38 Å². The van der Waals surface area contributed by atoms with E-state index in [-0.39, 0.29) is 36.1 Å². The normalized spacial score (nSPS) is 11.7. The number of rotatable bonds is 5. The molecule has 0 aliphatic rings. The van der Waals surface area contributed by atoms with E-state index in [1.165, 1.54) is 0 Å². The second-order valence-corrected chi connectivity index (χ2v) is 5.17. The number of benzene rings is 1. The zero-order chi connectivity index (χ0) is 18.3. The lowest BCUT2D eigenvalue weighted by Gasteiger charge is -2.14. The Labute approximate surface area is 166 Å². The molecule has 0 aliphatic carbocycles. The van der Waals surface area contributed by atoms with E-state index < -0.39 is 17.6 Å². The van der Waals surface area contributed by atoms with Gasteiger partial charge in [-0.2, -0.15) is 13.2 Å². The summed E-state index contributed by atoms with van der Waals surface area (Å²) in [6.07, 6.45) is -2.98. The summed E-state index contributed by atoms with van der Waals surface area (Å²) >= 11 is 0. The third kappa shape index (κ3) is 6.77. The third-order valence-corrected chi connectivity index (χ3v) is 3.29. The molecule has 0 saturated heterocycles. The first-order valence-electron chi connectivity index (χ1n) is 7.68. The molecule has 1 aromatic carbocycles. The molecule has 0 atom stereocenters. The average molecular weight is 482 g/mol. The second kappa shape index (κ2) is 10.3. The number of halogens is 5. The summed E-state index contributed by atoms with van der Waals surface area (Å²) < 4.78 is 52.2. The highest BCUT2D eigenvalue weighted by Crippen LogP contribution is 2.32. The van der Waals surface area contributed by atoms with Crippen LogP contribution in [-0.2, 0) is 19.3 Å². The predicted octanol–water partition coefficient (Wildman–Crippen LogP) is 4.11. The first kappa shape index (κ1) is 22.1. The van der Waals surface area contributed by atoms with E-state index in [2.05, 4.69) is 20.6 Å². The van der Waals surface area contributed by atoms with Gasteiger partial charge in [0.2, 0.25) is 0 Å². The Morgan fingerprint density at radius 2 is 1.92 bits per heavy atom. The maximum absolute atomic E-state index is 13.1. The summed E-state index contributed by atoms with van der Waals surface area (Å²) in [5.41, 5.74) is -0.341. The maximum Gasteiger partial charge on any atom is 0.416 e. The smallest absolute Gasteiger partial charge is 0.357 e. The first-order valence-corrected chi connectivity index (χ1v) is 7.68. The van der Waals surface area contributed by atoms with Gasteiger partial charge >= 0.3 is 6.18 Å². The quantitative estimate of drug-likeness (QED) is 0.292. The summed E-state index contributed by atoms with van der Waals surface area (Å²) in [6.45, 7) is 2.54. The average Bonchev–Trinajstić information content (AvgIpc) is 2.58. The van der Waals surface area contributed by atoms with Crippen molar-refractivity contribution in [2.75, 3.05) is 6.54 Å². The van der Waals surface area contributed by atoms with Crippen LogP contribution in [0.5, 0.6) is 0 Å². The molecule has 2 N–H and O–H groups in total. The van der Waals surface area contributed by atoms with E-state index in [1.54, 1.807) is 12.3 Å². The van der Waals surface area contributed by atoms with Crippen molar-refractivity contribution < 1.29 is 17.6 Å². The summed E-state index contributed by atoms with van der Waals surface area (Å²) in [4.78, 5) is 8.30. The van der Waals surface area contributed by atoms with Crippen LogP contribution in [0.25, 0.3) is 0 Å². The largest absolute Gasteiger partial charge is 0.416 e. The van der Waals surface area contributed by atoms with Crippen molar-refractivity contribution in [2.45, 2.75) is 26.2 Å². The van der Waals surface area contributed by atoms with Gasteiger partial charge in [-0.15, -0.1) is 24.0 Å². The highest BCUT2D eigenvalue weighted by atomic mass is 127. The molecule has 142 valence electrons. The van der Waals surface area contributed by atoms with Crippen molar-refractivity contribution in [1.29, 1.82) is 0 Å². The van der Waals surface area contributed by atoms with Gasteiger partial charge in [0.05, 0.1) is 24.3 Å². The van der Waals surface area contributed by atoms with Crippen LogP contribution in [0.1, 0.15) is 23.7 Å². The van der Waals surface area contributed by atoms with Crippen molar-refractivity contribution in [2.24, 2.45) is 4.99 Å². The van der Waals surface area contributed by atoms with Crippen LogP contribution in [0, 0.1) is 5.82 Å². The predicted molar refractivity (Wildman–Crippen MR) is 103 cm³/mol. The molecule has 0 amide bonds. The zero-order valence-electron chi connectivity index (χ0n) is 14.0. The molecule has 2 aromatic rings. The number of hydrogen-bond donors (Lipinski definition) is 2. The van der Waals surface area contributed by atoms with Crippen LogP contribution in [0.15, 0.2) is 47.6 Å². The fraction of sp³-hybridized carbons (Fsp3) is 0.294. The Kier molecular flexibility index (Phi) is 8.76. The summed E-state index contributed by atoms with van der Waals surface area (Å²) in [6, 6.07) is 8.02. The first-order chi connectivity index (χ1) is 11.9. The lowest BCUT2D eigenvalue weighted by molar-refractivity contribution is -0.138. The highest BCUT2D eigenvalue weighted by molar-refractivity contribution is 14.0. The van der Waals surface area contributed by atoms with Gasteiger partial charge in [0.1, 0.15) is 5.82 Å². The molecule has 0 fully saturated rings. The van der Waals surface area contributed by atoms with E-state index in [0.717, 1.165) is 17.8 Å². The summed E-state index contributed by atoms with van der Waals surface area (Å²) in [5, 5.41) is 5.95. The molecule has 26 heavy (non-hydrogen) atoms. The molecule has 1 heterocycles. The molecule has 0 bridgehead atoms. The monoisotopic (exact) mass is 482 g/mol. The van der Waals surface area contributed by atoms with Crippen LogP contribution >= 0.6 is 24.0 Å². The van der Waals surface area contributed by atoms with Gasteiger partial charge in [-0.3, -0.25) is 4.98 Å². The van der Waals surface area contributed by atoms with Crippen LogP contribution < -0.4 is 10.6 Å². The van der Waals surface area contributed by atoms with Gasteiger partial charge in [-0.1, -0.05) is 12.1 Å². The molecular formula is C17H19F4IN4. The van der Waals surface area contributed by atoms with Gasteiger partial charge in [0.15, 0.2) is 5.96 Å². The van der Waals surface area contributed by atoms with Crippen LogP contribution in [0.3, 0.4) is 0 Å². The number of hydrogen-bond acceptors (Lipinski definition) is 2. The number of pyridine rings is 1. The van der Waals surface area contributed by atoms with Gasteiger partial charge in [0, 0.05) is 12.7 Å². The lowest BCUT2D eigenvalue weighted by atomic mass is 10.1. The highest BCUT2D eigenvalue weighted by Gasteiger charge is 2.33. The van der Waals surface area contributed by atoms with Crippen LogP contribution in [0.4, 0.5) is 17.6 Å². The fourth-order valence-corrected chi connectivity index (χ4v) is 2.13. The van der Waals surface area contributed by atoms with Crippen molar-refractivity contribution in [3.05, 3.63) is 65.2 Å². The van der Waals surface area contributed by atoms with Crippen molar-refractivity contribution in [3.63, 3.8) is 0 Å². The molecular weight excluding hydrogens is 463 g/mol. The number of alkyl halides is 3. The number of aliphatic imine (C=N–C) groups is 1. The molecule has 2 rings (SSSR count). The minimum absolute atomic E-state index is 0. The standard InChI is InChI=1S/C17H18F4N4.HI/c1-2-22-16(25-11-14-5-3-4-8-23-14)24-10-12-6-7-13(18)9-15(12)17(19,20)21;/h3-9H,2,10-11H2,1H3,(H2,22,24,25);1H. The van der Waals surface area contributed by atoms with Crippen molar-refractivity contribution in [1.82, 2.24) is 15.6 Å². The van der Waals surface area contributed by atoms with Gasteiger partial charge < -0.3 is 10.6 Å². The number of nitrogens with one attached hydrogen (secondary N) is 2. The van der Waals surface area contributed by atoms with E-state index in [1.807, 2.05) is 19.1 Å². The van der Waals surface area contributed by atoms with Crippen molar-refractivity contribution in [3.8, 4) is 0 Å². The molecule has 0 spiro atoms. The van der Waals surface area contributed by atoms with Gasteiger partial charge in [-0.05, 0) is 36.8 Å². The minimum atomic E-state index is -4.63. The van der Waals surface area contributed by atoms with E-state index in [4.69, 9.17) is 0 Å². The molecule has 1 aromatic heterocycles. The second-order valence-electron chi connectivity index (χ2n) is 5.17. The lowest BCUT2D eigenvalue weighted by Crippen LogP contribution is -2.37. The van der Waals surface area contributed by atoms with Crippen molar-refractivity contribution >= 4 is 29.9 Å². The Balaban J connectivity index is 0.00000338. The molecule has 4 nitrogen and oxygen atoms in total. The molecule has 0 saturated carbocycles. The molecule has 0 unspecified atom stereocenters. The minimum Gasteiger partial charge on any atom is -0.357 e. The Morgan fingerprint density at radius 3 is 2.54 bits per heavy atom. The van der Waals surface area contributed by atoms with E-state index >= 15 is 0 Å². The molecule has 0 radical (unpaired) electrons. The van der Waals surface area contributed by atoms with Crippen LogP contribution in [-0.4, -0.2) is 17.5 Å². The number of nitrogens with zero attached hydrogens (tertiary/aromatic N) is 2. The van der Waals surface area contributed by atoms with Crippen LogP contribution in [0.2, 0.25) is 0 Å². The fourth-order valence-electron chi connectivity index (χ4n) is 2.13. The topological polar surface area (TPSA) is 49.3 Å². The van der Waals surface area contributed by atoms with Gasteiger partial charge in [0.25, 0.3) is 0 Å². The Hall–Kier alpha value is -1.91. The number of guanidine groups is 1. The Morgan fingerprint density at radius 1 is 1.15 bits per heavy atom. The summed E-state index contributed by atoms with van der Waals surface area (Å²) in [5.74, 6) is -0.578. The van der Waals surface area contributed by atoms with E-state index in [9.17, 15) is 17.6 Å². The Bertz CT molecular complexity index is 720. The number of aromatic nitrogens is 1. The summed E-state index contributed by atoms with van der Waals surface area (Å²) in [7, 11) is 0. The molecule has 9 heteroatoms. The molecule has 0 aliphatic heterocycles. The maximum atomic E-state index is 13.1. The van der Waals surface area contributed by atoms with E-state index in [0.29, 0.717) is 25.1 Å². The third-order valence-electron chi connectivity index (χ3n) is 3.29.